The number of anilines is 2. The van der Waals surface area contributed by atoms with E-state index in [9.17, 15) is 53.5 Å². The summed E-state index contributed by atoms with van der Waals surface area (Å²) < 4.78 is 156. The lowest BCUT2D eigenvalue weighted by Crippen LogP contribution is -2.41. The van der Waals surface area contributed by atoms with E-state index < -0.39 is 77.4 Å². The Morgan fingerprint density at radius 1 is 0.424 bits per heavy atom. The van der Waals surface area contributed by atoms with Crippen LogP contribution in [0, 0.1) is 75.7 Å². The van der Waals surface area contributed by atoms with Crippen LogP contribution in [0.25, 0.3) is 67.5 Å². The molecule has 1 saturated heterocycles. The number of hydrogen-bond acceptors (Lipinski definition) is 10. The molecule has 598 valence electrons. The van der Waals surface area contributed by atoms with Crippen molar-refractivity contribution in [3.05, 3.63) is 353 Å². The van der Waals surface area contributed by atoms with Gasteiger partial charge in [-0.1, -0.05) is 54.6 Å². The van der Waals surface area contributed by atoms with Crippen LogP contribution in [-0.4, -0.2) is 84.8 Å². The molecule has 1 aliphatic heterocycles. The van der Waals surface area contributed by atoms with Gasteiger partial charge in [-0.25, -0.2) is 63.8 Å². The molecule has 1 fully saturated rings. The van der Waals surface area contributed by atoms with Gasteiger partial charge >= 0.3 is 14.2 Å². The Kier molecular flexibility index (Phi) is 27.2. The first-order chi connectivity index (χ1) is 56.3. The van der Waals surface area contributed by atoms with Crippen LogP contribution in [0.1, 0.15) is 59.5 Å². The number of aromatic nitrogens is 8. The predicted molar refractivity (Wildman–Crippen MR) is 455 cm³/mol. The molecule has 0 spiro atoms. The van der Waals surface area contributed by atoms with Crippen molar-refractivity contribution in [3.8, 4) is 44.9 Å². The van der Waals surface area contributed by atoms with E-state index in [2.05, 4.69) is 101 Å². The van der Waals surface area contributed by atoms with E-state index in [1.54, 1.807) is 62.1 Å². The third kappa shape index (κ3) is 19.4. The van der Waals surface area contributed by atoms with Gasteiger partial charge in [-0.2, -0.15) is 0 Å². The fraction of sp³-hybridized carbons (Fsp3) is 0.0930. The zero-order valence-electron chi connectivity index (χ0n) is 62.8. The van der Waals surface area contributed by atoms with Gasteiger partial charge in [-0.15, -0.1) is 0 Å². The number of imidazole rings is 4. The highest BCUT2D eigenvalue weighted by atomic mass is 127. The molecule has 0 saturated carbocycles. The van der Waals surface area contributed by atoms with Gasteiger partial charge in [-0.3, -0.25) is 27.2 Å². The van der Waals surface area contributed by atoms with Gasteiger partial charge in [0.15, 0.2) is 63.5 Å². The average Bonchev–Trinajstić information content (AvgIpc) is 1.61. The van der Waals surface area contributed by atoms with E-state index in [0.29, 0.717) is 56.5 Å². The molecule has 0 radical (unpaired) electrons. The van der Waals surface area contributed by atoms with Crippen molar-refractivity contribution in [2.45, 2.75) is 52.7 Å². The smallest absolute Gasteiger partial charge is 0.423 e. The third-order valence-electron chi connectivity index (χ3n) is 18.9. The molecular formula is C86H64B2Br3F10IN10O6. The molecule has 0 bridgehead atoms. The molecule has 16 nitrogen and oxygen atoms in total. The number of nitrogens with one attached hydrogen (secondary N) is 2. The van der Waals surface area contributed by atoms with Gasteiger partial charge in [0.2, 0.25) is 0 Å². The second-order valence-electron chi connectivity index (χ2n) is 27.2. The monoisotopic (exact) mass is 1910 g/mol. The lowest BCUT2D eigenvalue weighted by Gasteiger charge is -2.32. The Bertz CT molecular complexity index is 6260. The van der Waals surface area contributed by atoms with Crippen LogP contribution in [0.3, 0.4) is 0 Å². The maximum absolute atomic E-state index is 14.4. The normalized spacial score (nSPS) is 12.4. The first-order valence-electron chi connectivity index (χ1n) is 35.6. The molecule has 0 atom stereocenters. The van der Waals surface area contributed by atoms with Crippen molar-refractivity contribution in [2.24, 2.45) is 0 Å². The van der Waals surface area contributed by atoms with E-state index in [1.165, 1.54) is 110 Å². The highest BCUT2D eigenvalue weighted by Crippen LogP contribution is 2.38. The largest absolute Gasteiger partial charge is 0.494 e. The Hall–Kier alpha value is -11.1. The van der Waals surface area contributed by atoms with Crippen LogP contribution in [-0.2, 0) is 9.31 Å². The van der Waals surface area contributed by atoms with Crippen molar-refractivity contribution in [1.29, 1.82) is 0 Å². The van der Waals surface area contributed by atoms with Crippen molar-refractivity contribution >= 4 is 141 Å². The predicted octanol–water partition coefficient (Wildman–Crippen LogP) is 20.8. The van der Waals surface area contributed by atoms with Gasteiger partial charge in [0.25, 0.3) is 11.8 Å². The number of fused-ring (bicyclic) bond motifs is 4. The summed E-state index contributed by atoms with van der Waals surface area (Å²) in [7, 11) is -2.50. The standard InChI is InChI=1S/C27H18F3N3O.C20H23BFNO3.2C13H7BrF2N2.C7H4BrIN2.C6H5BF2O2/c1-16-7-8-17(14-22(16)27(34)32-19-11-9-18(28)10-12-19)20-5-3-13-33-24(15-31-26(20)33)21-4-2-6-23(29)25(21)30;1-13-6-7-14(21-25-19(2,3)20(4,5)26-21)12-17(13)18(24)23-16-10-8-15(22)9-11-16;2*14-9-4-2-6-18-11(7-17-13(9)18)8-3-1-5-10(15)12(8)16;8-5-2-1-3-11-6(9)4-10-7(5)11;8-5-3-1-2-4(6(5)9)7(10)11/h2-15H,1H3,(H,32,34);6-12H,1-5H3,(H,23,24);2*1-7H;1-4H;1-3,10-11H. The molecule has 8 aromatic carbocycles. The molecule has 118 heavy (non-hydrogen) atoms. The van der Waals surface area contributed by atoms with Gasteiger partial charge < -0.3 is 30.0 Å². The summed E-state index contributed by atoms with van der Waals surface area (Å²) in [5.74, 6) is -8.95. The van der Waals surface area contributed by atoms with Gasteiger partial charge in [0, 0.05) is 75.0 Å². The summed E-state index contributed by atoms with van der Waals surface area (Å²) in [6, 6.07) is 52.5. The molecule has 16 aromatic rings. The van der Waals surface area contributed by atoms with Crippen LogP contribution >= 0.6 is 70.4 Å². The van der Waals surface area contributed by atoms with E-state index in [0.717, 1.165) is 80.8 Å². The Balaban J connectivity index is 0.000000136. The van der Waals surface area contributed by atoms with Crippen LogP contribution in [0.2, 0.25) is 0 Å². The van der Waals surface area contributed by atoms with Crippen molar-refractivity contribution in [3.63, 3.8) is 0 Å². The molecule has 32 heteroatoms. The number of carbonyl (C=O) groups is 2. The highest BCUT2D eigenvalue weighted by Gasteiger charge is 2.52. The molecule has 8 aromatic heterocycles. The first kappa shape index (κ1) is 86.2. The van der Waals surface area contributed by atoms with Crippen molar-refractivity contribution in [2.75, 3.05) is 10.6 Å². The molecule has 4 N–H and O–H groups in total. The van der Waals surface area contributed by atoms with Gasteiger partial charge in [0.05, 0.1) is 66.5 Å². The van der Waals surface area contributed by atoms with Crippen molar-refractivity contribution < 1.29 is 72.8 Å². The summed E-state index contributed by atoms with van der Waals surface area (Å²) >= 11 is 12.4. The van der Waals surface area contributed by atoms with Crippen LogP contribution < -0.4 is 21.6 Å². The molecule has 9 heterocycles. The van der Waals surface area contributed by atoms with E-state index >= 15 is 0 Å². The van der Waals surface area contributed by atoms with E-state index in [4.69, 9.17) is 19.4 Å². The molecule has 1 aliphatic rings. The summed E-state index contributed by atoms with van der Waals surface area (Å²) in [5, 5.41) is 22.5. The second-order valence-corrected chi connectivity index (χ2v) is 30.9. The minimum absolute atomic E-state index is 0.105. The number of rotatable bonds is 10. The number of pyridine rings is 4. The number of halogens is 14. The minimum Gasteiger partial charge on any atom is -0.423 e. The molecule has 0 unspecified atom stereocenters. The summed E-state index contributed by atoms with van der Waals surface area (Å²) in [6.45, 7) is 11.7. The number of nitrogens with zero attached hydrogens (tertiary/aromatic N) is 8. The van der Waals surface area contributed by atoms with E-state index in [-0.39, 0.29) is 40.1 Å². The summed E-state index contributed by atoms with van der Waals surface area (Å²) in [5.41, 5.74) is 9.28. The molecule has 2 amide bonds. The summed E-state index contributed by atoms with van der Waals surface area (Å²) in [6.07, 6.45) is 13.6. The maximum atomic E-state index is 14.4. The first-order valence-corrected chi connectivity index (χ1v) is 39.1. The lowest BCUT2D eigenvalue weighted by atomic mass is 9.77. The van der Waals surface area contributed by atoms with Crippen molar-refractivity contribution in [1.82, 2.24) is 37.5 Å². The van der Waals surface area contributed by atoms with Gasteiger partial charge in [0.1, 0.15) is 21.0 Å². The fourth-order valence-electron chi connectivity index (χ4n) is 12.1. The number of carbonyl (C=O) groups excluding carboxylic acids is 2. The van der Waals surface area contributed by atoms with Gasteiger partial charge in [-0.05, 0) is 286 Å². The third-order valence-corrected chi connectivity index (χ3v) is 21.6. The van der Waals surface area contributed by atoms with Crippen LogP contribution in [0.15, 0.2) is 269 Å². The molecule has 17 rings (SSSR count). The zero-order valence-corrected chi connectivity index (χ0v) is 69.7. The second kappa shape index (κ2) is 37.2. The molecular weight excluding hydrogens is 1850 g/mol. The molecule has 0 aliphatic carbocycles. The number of amides is 2. The minimum atomic E-state index is -1.97. The average molecular weight is 1910 g/mol. The fourth-order valence-corrected chi connectivity index (χ4v) is 13.9. The number of hydrogen-bond donors (Lipinski definition) is 4. The zero-order chi connectivity index (χ0) is 84.6. The number of aryl methyl sites for hydroxylation is 2. The van der Waals surface area contributed by atoms with Crippen LogP contribution in [0.4, 0.5) is 55.3 Å². The topological polar surface area (TPSA) is 186 Å². The van der Waals surface area contributed by atoms with E-state index in [1.807, 2.05) is 113 Å². The number of benzene rings is 8. The Labute approximate surface area is 708 Å². The SMILES string of the molecule is Brc1cccn2c(I)cnc12.Cc1ccc(-c2cccn3c(-c4cccc(F)c4F)cnc23)cc1C(=O)Nc1ccc(F)cc1.Cc1ccc(B2OC(C)(C)C(C)(C)O2)cc1C(=O)Nc1ccc(F)cc1.Fc1cccc(-c2cnc3c(Br)cccn23)c1F.Fc1cccc(-c2cnc3c(Br)cccn23)c1F.OB(O)c1cccc(F)c1F. The highest BCUT2D eigenvalue weighted by molar-refractivity contribution is 14.1. The Morgan fingerprint density at radius 3 is 1.20 bits per heavy atom. The Morgan fingerprint density at radius 2 is 0.780 bits per heavy atom. The summed E-state index contributed by atoms with van der Waals surface area (Å²) in [4.78, 5) is 42.6. The maximum Gasteiger partial charge on any atom is 0.494 e. The quantitative estimate of drug-likeness (QED) is 0.0583. The van der Waals surface area contributed by atoms with Crippen LogP contribution in [0.5, 0.6) is 0 Å². The lowest BCUT2D eigenvalue weighted by molar-refractivity contribution is 0.00578.